The molecule has 1 heterocycles. The number of carbonyl (C=O) groups is 1. The Morgan fingerprint density at radius 3 is 2.76 bits per heavy atom. The van der Waals surface area contributed by atoms with E-state index >= 15 is 0 Å². The van der Waals surface area contributed by atoms with Gasteiger partial charge in [0, 0.05) is 23.2 Å². The van der Waals surface area contributed by atoms with Gasteiger partial charge in [-0.25, -0.2) is 4.98 Å². The number of alkyl halides is 1. The van der Waals surface area contributed by atoms with Crippen LogP contribution in [0.2, 0.25) is 0 Å². The van der Waals surface area contributed by atoms with Crippen molar-refractivity contribution in [3.63, 3.8) is 0 Å². The summed E-state index contributed by atoms with van der Waals surface area (Å²) in [4.78, 5) is 16.1. The van der Waals surface area contributed by atoms with E-state index in [-0.39, 0.29) is 5.91 Å². The van der Waals surface area contributed by atoms with E-state index < -0.39 is 0 Å². The Balaban J connectivity index is 1.95. The van der Waals surface area contributed by atoms with Crippen LogP contribution in [0, 0.1) is 0 Å². The molecular formula is C15H17ClN2O2S. The molecule has 0 fully saturated rings. The SMILES string of the molecule is COc1ccc(-c2csc(NC(=O)CCCCCl)n2)cc1. The van der Waals surface area contributed by atoms with Gasteiger partial charge in [-0.1, -0.05) is 0 Å². The van der Waals surface area contributed by atoms with Gasteiger partial charge in [0.1, 0.15) is 5.75 Å². The maximum Gasteiger partial charge on any atom is 0.226 e. The van der Waals surface area contributed by atoms with Crippen LogP contribution in [0.3, 0.4) is 0 Å². The van der Waals surface area contributed by atoms with Crippen LogP contribution in [0.1, 0.15) is 19.3 Å². The minimum atomic E-state index is -0.0178. The first kappa shape index (κ1) is 15.8. The summed E-state index contributed by atoms with van der Waals surface area (Å²) in [5.74, 6) is 1.38. The number of thiazole rings is 1. The zero-order chi connectivity index (χ0) is 15.1. The summed E-state index contributed by atoms with van der Waals surface area (Å²) in [6.07, 6.45) is 2.13. The Labute approximate surface area is 133 Å². The molecule has 0 unspecified atom stereocenters. The number of nitrogens with one attached hydrogen (secondary N) is 1. The van der Waals surface area contributed by atoms with Crippen LogP contribution >= 0.6 is 22.9 Å². The van der Waals surface area contributed by atoms with E-state index in [0.717, 1.165) is 29.8 Å². The number of carbonyl (C=O) groups excluding carboxylic acids is 1. The third kappa shape index (κ3) is 4.72. The molecule has 2 rings (SSSR count). The number of hydrogen-bond acceptors (Lipinski definition) is 4. The Kier molecular flexibility index (Phi) is 6.02. The number of hydrogen-bond donors (Lipinski definition) is 1. The second kappa shape index (κ2) is 8.00. The van der Waals surface area contributed by atoms with E-state index in [1.165, 1.54) is 11.3 Å². The number of halogens is 1. The van der Waals surface area contributed by atoms with Gasteiger partial charge in [-0.3, -0.25) is 4.79 Å². The quantitative estimate of drug-likeness (QED) is 0.614. The van der Waals surface area contributed by atoms with Crippen molar-refractivity contribution in [3.8, 4) is 17.0 Å². The summed E-state index contributed by atoms with van der Waals surface area (Å²) in [6, 6.07) is 7.66. The molecule has 0 aliphatic rings. The van der Waals surface area contributed by atoms with Crippen molar-refractivity contribution in [1.82, 2.24) is 4.98 Å². The largest absolute Gasteiger partial charge is 0.497 e. The van der Waals surface area contributed by atoms with Crippen molar-refractivity contribution in [1.29, 1.82) is 0 Å². The molecule has 0 saturated carbocycles. The van der Waals surface area contributed by atoms with Crippen LogP contribution in [-0.2, 0) is 4.79 Å². The maximum atomic E-state index is 11.7. The van der Waals surface area contributed by atoms with Gasteiger partial charge in [0.05, 0.1) is 12.8 Å². The van der Waals surface area contributed by atoms with Crippen LogP contribution < -0.4 is 10.1 Å². The molecule has 4 nitrogen and oxygen atoms in total. The summed E-state index contributed by atoms with van der Waals surface area (Å²) in [5, 5.41) is 5.36. The number of anilines is 1. The van der Waals surface area contributed by atoms with E-state index in [9.17, 15) is 4.79 Å². The molecule has 1 amide bonds. The Morgan fingerprint density at radius 1 is 1.33 bits per heavy atom. The van der Waals surface area contributed by atoms with Crippen molar-refractivity contribution in [2.45, 2.75) is 19.3 Å². The average Bonchev–Trinajstić information content (AvgIpc) is 2.96. The smallest absolute Gasteiger partial charge is 0.226 e. The summed E-state index contributed by atoms with van der Waals surface area (Å²) in [7, 11) is 1.63. The summed E-state index contributed by atoms with van der Waals surface area (Å²) in [5.41, 5.74) is 1.84. The first-order valence-electron chi connectivity index (χ1n) is 6.68. The zero-order valence-corrected chi connectivity index (χ0v) is 13.3. The molecule has 1 aromatic heterocycles. The van der Waals surface area contributed by atoms with Gasteiger partial charge in [-0.05, 0) is 37.1 Å². The first-order chi connectivity index (χ1) is 10.2. The summed E-state index contributed by atoms with van der Waals surface area (Å²) < 4.78 is 5.13. The Morgan fingerprint density at radius 2 is 2.10 bits per heavy atom. The van der Waals surface area contributed by atoms with Gasteiger partial charge < -0.3 is 10.1 Å². The fourth-order valence-electron chi connectivity index (χ4n) is 1.79. The lowest BCUT2D eigenvalue weighted by Crippen LogP contribution is -2.10. The monoisotopic (exact) mass is 324 g/mol. The van der Waals surface area contributed by atoms with Crippen LogP contribution in [-0.4, -0.2) is 23.9 Å². The predicted octanol–water partition coefficient (Wildman–Crippen LogP) is 4.17. The second-order valence-corrected chi connectivity index (χ2v) is 5.70. The van der Waals surface area contributed by atoms with E-state index in [0.29, 0.717) is 17.4 Å². The van der Waals surface area contributed by atoms with Gasteiger partial charge in [0.15, 0.2) is 5.13 Å². The number of rotatable bonds is 7. The third-order valence-corrected chi connectivity index (χ3v) is 3.95. The number of methoxy groups -OCH3 is 1. The topological polar surface area (TPSA) is 51.2 Å². The highest BCUT2D eigenvalue weighted by atomic mass is 35.5. The molecule has 0 saturated heterocycles. The van der Waals surface area contributed by atoms with Crippen LogP contribution in [0.25, 0.3) is 11.3 Å². The number of benzene rings is 1. The highest BCUT2D eigenvalue weighted by molar-refractivity contribution is 7.14. The average molecular weight is 325 g/mol. The van der Waals surface area contributed by atoms with Crippen molar-refractivity contribution >= 4 is 34.0 Å². The molecule has 2 aromatic rings. The van der Waals surface area contributed by atoms with Gasteiger partial charge >= 0.3 is 0 Å². The van der Waals surface area contributed by atoms with Gasteiger partial charge in [0.25, 0.3) is 0 Å². The van der Waals surface area contributed by atoms with Gasteiger partial charge in [0.2, 0.25) is 5.91 Å². The summed E-state index contributed by atoms with van der Waals surface area (Å²) in [6.45, 7) is 0. The van der Waals surface area contributed by atoms with Crippen molar-refractivity contribution < 1.29 is 9.53 Å². The molecule has 21 heavy (non-hydrogen) atoms. The number of nitrogens with zero attached hydrogens (tertiary/aromatic N) is 1. The molecule has 0 aliphatic heterocycles. The Hall–Kier alpha value is -1.59. The molecule has 6 heteroatoms. The number of amides is 1. The Bertz CT molecular complexity index is 584. The summed E-state index contributed by atoms with van der Waals surface area (Å²) >= 11 is 7.01. The lowest BCUT2D eigenvalue weighted by atomic mass is 10.2. The molecule has 112 valence electrons. The number of aromatic nitrogens is 1. The molecule has 0 aliphatic carbocycles. The van der Waals surface area contributed by atoms with Crippen LogP contribution in [0.4, 0.5) is 5.13 Å². The minimum absolute atomic E-state index is 0.0178. The van der Waals surface area contributed by atoms with Crippen molar-refractivity contribution in [3.05, 3.63) is 29.6 Å². The number of ether oxygens (including phenoxy) is 1. The normalized spacial score (nSPS) is 10.4. The minimum Gasteiger partial charge on any atom is -0.497 e. The van der Waals surface area contributed by atoms with E-state index in [4.69, 9.17) is 16.3 Å². The van der Waals surface area contributed by atoms with Crippen molar-refractivity contribution in [2.75, 3.05) is 18.3 Å². The van der Waals surface area contributed by atoms with E-state index in [2.05, 4.69) is 10.3 Å². The molecular weight excluding hydrogens is 308 g/mol. The lowest BCUT2D eigenvalue weighted by molar-refractivity contribution is -0.116. The van der Waals surface area contributed by atoms with Crippen LogP contribution in [0.5, 0.6) is 5.75 Å². The van der Waals surface area contributed by atoms with Crippen molar-refractivity contribution in [2.24, 2.45) is 0 Å². The lowest BCUT2D eigenvalue weighted by Gasteiger charge is -2.01. The highest BCUT2D eigenvalue weighted by Gasteiger charge is 2.08. The fourth-order valence-corrected chi connectivity index (χ4v) is 2.71. The first-order valence-corrected chi connectivity index (χ1v) is 8.10. The highest BCUT2D eigenvalue weighted by Crippen LogP contribution is 2.26. The maximum absolute atomic E-state index is 11.7. The van der Waals surface area contributed by atoms with Crippen LogP contribution in [0.15, 0.2) is 29.6 Å². The fraction of sp³-hybridized carbons (Fsp3) is 0.333. The molecule has 0 atom stereocenters. The molecule has 1 aromatic carbocycles. The zero-order valence-electron chi connectivity index (χ0n) is 11.8. The van der Waals surface area contributed by atoms with Gasteiger partial charge in [-0.2, -0.15) is 0 Å². The molecule has 0 radical (unpaired) electrons. The third-order valence-electron chi connectivity index (χ3n) is 2.92. The van der Waals surface area contributed by atoms with E-state index in [1.54, 1.807) is 7.11 Å². The predicted molar refractivity (Wildman–Crippen MR) is 87.3 cm³/mol. The molecule has 0 bridgehead atoms. The van der Waals surface area contributed by atoms with E-state index in [1.807, 2.05) is 29.6 Å². The number of unbranched alkanes of at least 4 members (excludes halogenated alkanes) is 1. The standard InChI is InChI=1S/C15H17ClN2O2S/c1-20-12-7-5-11(6-8-12)13-10-21-15(17-13)18-14(19)4-2-3-9-16/h5-8,10H,2-4,9H2,1H3,(H,17,18,19). The molecule has 0 spiro atoms. The van der Waals surface area contributed by atoms with Gasteiger partial charge in [-0.15, -0.1) is 22.9 Å². The second-order valence-electron chi connectivity index (χ2n) is 4.46. The molecule has 1 N–H and O–H groups in total.